The summed E-state index contributed by atoms with van der Waals surface area (Å²) >= 11 is 0. The summed E-state index contributed by atoms with van der Waals surface area (Å²) in [4.78, 5) is 13.4. The van der Waals surface area contributed by atoms with Crippen molar-refractivity contribution in [3.05, 3.63) is 0 Å². The standard InChI is InChI=1S/C10H16N2O/c1-3-4-8-12(2)9-6-5-7-11-10(9)13/h9H,5-8H2,1-2H3,(H,11,13). The number of nitrogens with one attached hydrogen (secondary N) is 1. The number of amides is 1. The van der Waals surface area contributed by atoms with E-state index >= 15 is 0 Å². The van der Waals surface area contributed by atoms with Gasteiger partial charge in [-0.15, -0.1) is 5.92 Å². The van der Waals surface area contributed by atoms with Crippen molar-refractivity contribution in [3.8, 4) is 11.8 Å². The first-order chi connectivity index (χ1) is 6.25. The van der Waals surface area contributed by atoms with Gasteiger partial charge in [0, 0.05) is 6.54 Å². The predicted molar refractivity (Wildman–Crippen MR) is 52.1 cm³/mol. The Morgan fingerprint density at radius 1 is 1.69 bits per heavy atom. The van der Waals surface area contributed by atoms with E-state index in [4.69, 9.17) is 0 Å². The van der Waals surface area contributed by atoms with Crippen LogP contribution in [0, 0.1) is 11.8 Å². The zero-order chi connectivity index (χ0) is 9.68. The van der Waals surface area contributed by atoms with Crippen LogP contribution in [0.5, 0.6) is 0 Å². The minimum Gasteiger partial charge on any atom is -0.355 e. The lowest BCUT2D eigenvalue weighted by Crippen LogP contribution is -2.49. The lowest BCUT2D eigenvalue weighted by molar-refractivity contribution is -0.127. The van der Waals surface area contributed by atoms with E-state index in [1.165, 1.54) is 0 Å². The molecule has 1 unspecified atom stereocenters. The average molecular weight is 180 g/mol. The number of nitrogens with zero attached hydrogens (tertiary/aromatic N) is 1. The van der Waals surface area contributed by atoms with E-state index in [1.807, 2.05) is 18.9 Å². The average Bonchev–Trinajstić information content (AvgIpc) is 2.15. The van der Waals surface area contributed by atoms with E-state index < -0.39 is 0 Å². The Morgan fingerprint density at radius 2 is 2.46 bits per heavy atom. The first-order valence-electron chi connectivity index (χ1n) is 4.63. The van der Waals surface area contributed by atoms with E-state index in [0.29, 0.717) is 6.54 Å². The fraction of sp³-hybridized carbons (Fsp3) is 0.700. The van der Waals surface area contributed by atoms with Crippen LogP contribution in [0.25, 0.3) is 0 Å². The number of rotatable bonds is 2. The monoisotopic (exact) mass is 180 g/mol. The van der Waals surface area contributed by atoms with Gasteiger partial charge in [-0.05, 0) is 26.8 Å². The van der Waals surface area contributed by atoms with Gasteiger partial charge in [-0.3, -0.25) is 9.69 Å². The summed E-state index contributed by atoms with van der Waals surface area (Å²) in [6.45, 7) is 3.31. The van der Waals surface area contributed by atoms with E-state index in [1.54, 1.807) is 0 Å². The van der Waals surface area contributed by atoms with Gasteiger partial charge >= 0.3 is 0 Å². The summed E-state index contributed by atoms with van der Waals surface area (Å²) in [7, 11) is 1.94. The number of hydrogen-bond acceptors (Lipinski definition) is 2. The van der Waals surface area contributed by atoms with Crippen LogP contribution in [0.2, 0.25) is 0 Å². The third-order valence-electron chi connectivity index (χ3n) is 2.29. The van der Waals surface area contributed by atoms with Crippen LogP contribution in [-0.4, -0.2) is 37.0 Å². The number of carbonyl (C=O) groups excluding carboxylic acids is 1. The topological polar surface area (TPSA) is 32.3 Å². The largest absolute Gasteiger partial charge is 0.355 e. The number of piperidine rings is 1. The molecule has 0 saturated carbocycles. The smallest absolute Gasteiger partial charge is 0.237 e. The molecule has 0 radical (unpaired) electrons. The minimum atomic E-state index is 0.0228. The molecule has 13 heavy (non-hydrogen) atoms. The molecule has 1 N–H and O–H groups in total. The quantitative estimate of drug-likeness (QED) is 0.617. The van der Waals surface area contributed by atoms with Crippen LogP contribution in [0.3, 0.4) is 0 Å². The van der Waals surface area contributed by atoms with Gasteiger partial charge in [0.25, 0.3) is 0 Å². The van der Waals surface area contributed by atoms with Crippen molar-refractivity contribution in [1.82, 2.24) is 10.2 Å². The van der Waals surface area contributed by atoms with Crippen LogP contribution in [-0.2, 0) is 4.79 Å². The van der Waals surface area contributed by atoms with Crippen molar-refractivity contribution in [2.75, 3.05) is 20.1 Å². The Labute approximate surface area is 79.5 Å². The number of hydrogen-bond donors (Lipinski definition) is 1. The Morgan fingerprint density at radius 3 is 3.08 bits per heavy atom. The van der Waals surface area contributed by atoms with E-state index in [0.717, 1.165) is 19.4 Å². The van der Waals surface area contributed by atoms with Crippen molar-refractivity contribution in [1.29, 1.82) is 0 Å². The van der Waals surface area contributed by atoms with Crippen LogP contribution >= 0.6 is 0 Å². The van der Waals surface area contributed by atoms with Gasteiger partial charge < -0.3 is 5.32 Å². The second kappa shape index (κ2) is 4.88. The molecule has 1 saturated heterocycles. The van der Waals surface area contributed by atoms with Crippen molar-refractivity contribution in [2.24, 2.45) is 0 Å². The van der Waals surface area contributed by atoms with Crippen molar-refractivity contribution < 1.29 is 4.79 Å². The number of likely N-dealkylation sites (N-methyl/N-ethyl adjacent to an activating group) is 1. The van der Waals surface area contributed by atoms with Crippen LogP contribution in [0.4, 0.5) is 0 Å². The summed E-state index contributed by atoms with van der Waals surface area (Å²) in [6.07, 6.45) is 2.02. The van der Waals surface area contributed by atoms with Gasteiger partial charge in [0.2, 0.25) is 5.91 Å². The molecule has 0 aromatic rings. The first kappa shape index (κ1) is 10.1. The third-order valence-corrected chi connectivity index (χ3v) is 2.29. The SMILES string of the molecule is CC#CCN(C)C1CCCNC1=O. The van der Waals surface area contributed by atoms with E-state index in [2.05, 4.69) is 17.2 Å². The minimum absolute atomic E-state index is 0.0228. The zero-order valence-electron chi connectivity index (χ0n) is 8.26. The molecule has 72 valence electrons. The van der Waals surface area contributed by atoms with Crippen molar-refractivity contribution >= 4 is 5.91 Å². The van der Waals surface area contributed by atoms with E-state index in [9.17, 15) is 4.79 Å². The zero-order valence-corrected chi connectivity index (χ0v) is 8.26. The fourth-order valence-corrected chi connectivity index (χ4v) is 1.49. The molecule has 1 aliphatic rings. The molecule has 0 aliphatic carbocycles. The molecule has 1 aliphatic heterocycles. The van der Waals surface area contributed by atoms with Gasteiger partial charge in [0.1, 0.15) is 0 Å². The molecule has 1 fully saturated rings. The van der Waals surface area contributed by atoms with Crippen LogP contribution in [0.15, 0.2) is 0 Å². The van der Waals surface area contributed by atoms with Gasteiger partial charge in [0.05, 0.1) is 12.6 Å². The van der Waals surface area contributed by atoms with Crippen LogP contribution < -0.4 is 5.32 Å². The maximum atomic E-state index is 11.4. The molecule has 1 rings (SSSR count). The molecule has 0 aromatic carbocycles. The Balaban J connectivity index is 2.46. The highest BCUT2D eigenvalue weighted by Crippen LogP contribution is 2.08. The van der Waals surface area contributed by atoms with Crippen LogP contribution in [0.1, 0.15) is 19.8 Å². The third kappa shape index (κ3) is 2.74. The fourth-order valence-electron chi connectivity index (χ4n) is 1.49. The Hall–Kier alpha value is -1.01. The molecule has 0 bridgehead atoms. The summed E-state index contributed by atoms with van der Waals surface area (Å²) in [5, 5.41) is 2.86. The van der Waals surface area contributed by atoms with Crippen molar-refractivity contribution in [3.63, 3.8) is 0 Å². The molecular weight excluding hydrogens is 164 g/mol. The maximum Gasteiger partial charge on any atom is 0.237 e. The molecule has 0 aromatic heterocycles. The molecule has 3 nitrogen and oxygen atoms in total. The highest BCUT2D eigenvalue weighted by atomic mass is 16.2. The van der Waals surface area contributed by atoms with Gasteiger partial charge in [-0.1, -0.05) is 5.92 Å². The highest BCUT2D eigenvalue weighted by molar-refractivity contribution is 5.82. The van der Waals surface area contributed by atoms with Gasteiger partial charge in [-0.2, -0.15) is 0 Å². The van der Waals surface area contributed by atoms with Gasteiger partial charge in [-0.25, -0.2) is 0 Å². The molecule has 1 amide bonds. The lowest BCUT2D eigenvalue weighted by atomic mass is 10.1. The summed E-state index contributed by atoms with van der Waals surface area (Å²) in [6, 6.07) is 0.0228. The van der Waals surface area contributed by atoms with Gasteiger partial charge in [0.15, 0.2) is 0 Å². The Kier molecular flexibility index (Phi) is 3.78. The normalized spacial score (nSPS) is 22.1. The number of carbonyl (C=O) groups is 1. The molecule has 3 heteroatoms. The summed E-state index contributed by atoms with van der Waals surface area (Å²) < 4.78 is 0. The predicted octanol–water partition coefficient (Wildman–Crippen LogP) is 0.220. The second-order valence-corrected chi connectivity index (χ2v) is 3.29. The lowest BCUT2D eigenvalue weighted by Gasteiger charge is -2.28. The molecule has 1 heterocycles. The molecule has 1 atom stereocenters. The summed E-state index contributed by atoms with van der Waals surface area (Å²) in [5.74, 6) is 5.94. The molecular formula is C10H16N2O. The molecule has 0 spiro atoms. The second-order valence-electron chi connectivity index (χ2n) is 3.29. The maximum absolute atomic E-state index is 11.4. The Bertz CT molecular complexity index is 239. The van der Waals surface area contributed by atoms with E-state index in [-0.39, 0.29) is 11.9 Å². The first-order valence-corrected chi connectivity index (χ1v) is 4.63. The highest BCUT2D eigenvalue weighted by Gasteiger charge is 2.24. The van der Waals surface area contributed by atoms with Crippen molar-refractivity contribution in [2.45, 2.75) is 25.8 Å². The summed E-state index contributed by atoms with van der Waals surface area (Å²) in [5.41, 5.74) is 0.